The molecule has 3 aromatic rings. The van der Waals surface area contributed by atoms with Crippen molar-refractivity contribution >= 4 is 17.5 Å². The Morgan fingerprint density at radius 3 is 2.32 bits per heavy atom. The maximum absolute atomic E-state index is 13.2. The third-order valence-corrected chi connectivity index (χ3v) is 7.19. The van der Waals surface area contributed by atoms with Crippen molar-refractivity contribution in [1.82, 2.24) is 4.90 Å². The Kier molecular flexibility index (Phi) is 8.36. The number of anilines is 1. The average Bonchev–Trinajstić information content (AvgIpc) is 2.90. The summed E-state index contributed by atoms with van der Waals surface area (Å²) in [6.45, 7) is 3.35. The molecule has 0 unspecified atom stereocenters. The van der Waals surface area contributed by atoms with Gasteiger partial charge in [0.2, 0.25) is 0 Å². The highest BCUT2D eigenvalue weighted by Gasteiger charge is 2.36. The van der Waals surface area contributed by atoms with Gasteiger partial charge in [-0.15, -0.1) is 0 Å². The van der Waals surface area contributed by atoms with Crippen LogP contribution in [0.4, 0.5) is 14.9 Å². The van der Waals surface area contributed by atoms with E-state index in [9.17, 15) is 19.1 Å². The molecule has 2 amide bonds. The van der Waals surface area contributed by atoms with Gasteiger partial charge in [-0.1, -0.05) is 54.6 Å². The maximum Gasteiger partial charge on any atom is 0.319 e. The van der Waals surface area contributed by atoms with Gasteiger partial charge in [0.15, 0.2) is 5.78 Å². The van der Waals surface area contributed by atoms with Crippen LogP contribution in [0.15, 0.2) is 78.9 Å². The van der Waals surface area contributed by atoms with Gasteiger partial charge in [0.1, 0.15) is 11.4 Å². The number of nitrogens with zero attached hydrogens (tertiary/aromatic N) is 2. The van der Waals surface area contributed by atoms with Gasteiger partial charge in [0.25, 0.3) is 0 Å². The molecule has 6 nitrogen and oxygen atoms in total. The fraction of sp³-hybridized carbons (Fsp3) is 0.333. The molecule has 0 radical (unpaired) electrons. The molecule has 0 spiro atoms. The van der Waals surface area contributed by atoms with Crippen LogP contribution in [0.2, 0.25) is 0 Å². The van der Waals surface area contributed by atoms with Crippen molar-refractivity contribution in [2.45, 2.75) is 31.8 Å². The van der Waals surface area contributed by atoms with E-state index in [0.29, 0.717) is 29.3 Å². The highest BCUT2D eigenvalue weighted by molar-refractivity contribution is 5.97. The smallest absolute Gasteiger partial charge is 0.319 e. The lowest BCUT2D eigenvalue weighted by Crippen LogP contribution is -2.53. The number of nitrogens with two attached hydrogens (primary N) is 1. The van der Waals surface area contributed by atoms with E-state index >= 15 is 0 Å². The van der Waals surface area contributed by atoms with Crippen molar-refractivity contribution in [3.63, 3.8) is 0 Å². The number of likely N-dealkylation sites (tertiary alicyclic amines) is 1. The Labute approximate surface area is 217 Å². The fourth-order valence-corrected chi connectivity index (χ4v) is 5.10. The van der Waals surface area contributed by atoms with Crippen molar-refractivity contribution in [2.75, 3.05) is 31.1 Å². The summed E-state index contributed by atoms with van der Waals surface area (Å²) in [5.74, 6) is 0.146. The number of β-amino-alcohol motifs (C(OH)–C–C–N with tert-alkyl or cyclic N) is 1. The summed E-state index contributed by atoms with van der Waals surface area (Å²) in [5.41, 5.74) is 7.14. The normalized spacial score (nSPS) is 16.2. The molecule has 1 aliphatic rings. The first-order valence-electron chi connectivity index (χ1n) is 12.7. The monoisotopic (exact) mass is 503 g/mol. The van der Waals surface area contributed by atoms with Gasteiger partial charge in [0, 0.05) is 17.8 Å². The van der Waals surface area contributed by atoms with E-state index in [1.54, 1.807) is 24.3 Å². The molecule has 1 saturated heterocycles. The molecule has 1 heterocycles. The highest BCUT2D eigenvalue weighted by Crippen LogP contribution is 2.30. The van der Waals surface area contributed by atoms with Gasteiger partial charge in [-0.2, -0.15) is 0 Å². The maximum atomic E-state index is 13.2. The summed E-state index contributed by atoms with van der Waals surface area (Å²) >= 11 is 0. The van der Waals surface area contributed by atoms with E-state index in [4.69, 9.17) is 5.73 Å². The summed E-state index contributed by atoms with van der Waals surface area (Å²) in [7, 11) is 0. The van der Waals surface area contributed by atoms with Crippen molar-refractivity contribution < 1.29 is 19.1 Å². The molecule has 7 heteroatoms. The number of Topliss-reactive ketones (excluding diaryl/α,β-unsaturated/α-hetero) is 1. The molecule has 0 bridgehead atoms. The molecule has 3 aromatic carbocycles. The van der Waals surface area contributed by atoms with E-state index in [1.807, 2.05) is 42.5 Å². The molecular weight excluding hydrogens is 469 g/mol. The molecule has 37 heavy (non-hydrogen) atoms. The first-order chi connectivity index (χ1) is 17.7. The number of amides is 2. The van der Waals surface area contributed by atoms with Gasteiger partial charge in [-0.25, -0.2) is 9.18 Å². The van der Waals surface area contributed by atoms with E-state index in [1.165, 1.54) is 24.0 Å². The number of piperidine rings is 1. The van der Waals surface area contributed by atoms with E-state index in [2.05, 4.69) is 4.90 Å². The zero-order valence-corrected chi connectivity index (χ0v) is 21.1. The predicted molar refractivity (Wildman–Crippen MR) is 143 cm³/mol. The van der Waals surface area contributed by atoms with Crippen LogP contribution in [-0.4, -0.2) is 48.0 Å². The third kappa shape index (κ3) is 6.81. The Morgan fingerprint density at radius 2 is 1.70 bits per heavy atom. The second-order valence-electron chi connectivity index (χ2n) is 9.98. The number of hydrogen-bond acceptors (Lipinski definition) is 4. The summed E-state index contributed by atoms with van der Waals surface area (Å²) in [6, 6.07) is 22.0. The SMILES string of the molecule is CC(=O)c1cccc(N(C[C@](O)(CN2CCC(Cc3ccc(F)cc3)CC2)c2ccccc2)C(N)=O)c1. The number of urea groups is 1. The lowest BCUT2D eigenvalue weighted by Gasteiger charge is -2.40. The van der Waals surface area contributed by atoms with Crippen LogP contribution in [0.5, 0.6) is 0 Å². The van der Waals surface area contributed by atoms with Crippen LogP contribution in [0.3, 0.4) is 0 Å². The number of rotatable bonds is 9. The van der Waals surface area contributed by atoms with Crippen molar-refractivity contribution in [3.05, 3.63) is 101 Å². The first kappa shape index (κ1) is 26.5. The quantitative estimate of drug-likeness (QED) is 0.413. The number of carbonyl (C=O) groups is 2. The lowest BCUT2D eigenvalue weighted by molar-refractivity contribution is -0.00267. The van der Waals surface area contributed by atoms with Gasteiger partial charge < -0.3 is 15.7 Å². The summed E-state index contributed by atoms with van der Waals surface area (Å²) < 4.78 is 13.2. The van der Waals surface area contributed by atoms with Crippen molar-refractivity contribution in [3.8, 4) is 0 Å². The van der Waals surface area contributed by atoms with E-state index < -0.39 is 11.6 Å². The van der Waals surface area contributed by atoms with Crippen molar-refractivity contribution in [2.24, 2.45) is 11.7 Å². The molecule has 0 aromatic heterocycles. The van der Waals surface area contributed by atoms with Crippen LogP contribution in [0.25, 0.3) is 0 Å². The van der Waals surface area contributed by atoms with Crippen LogP contribution in [-0.2, 0) is 12.0 Å². The second-order valence-corrected chi connectivity index (χ2v) is 9.98. The number of benzene rings is 3. The summed E-state index contributed by atoms with van der Waals surface area (Å²) in [6.07, 6.45) is 2.82. The first-order valence-corrected chi connectivity index (χ1v) is 12.7. The van der Waals surface area contributed by atoms with Gasteiger partial charge >= 0.3 is 6.03 Å². The molecular formula is C30H34FN3O3. The van der Waals surface area contributed by atoms with Crippen LogP contribution in [0, 0.1) is 11.7 Å². The highest BCUT2D eigenvalue weighted by atomic mass is 19.1. The van der Waals surface area contributed by atoms with Crippen LogP contribution < -0.4 is 10.6 Å². The fourth-order valence-electron chi connectivity index (χ4n) is 5.10. The summed E-state index contributed by atoms with van der Waals surface area (Å²) in [4.78, 5) is 28.0. The third-order valence-electron chi connectivity index (χ3n) is 7.19. The number of hydrogen-bond donors (Lipinski definition) is 2. The average molecular weight is 504 g/mol. The minimum Gasteiger partial charge on any atom is -0.382 e. The van der Waals surface area contributed by atoms with Gasteiger partial charge in [-0.3, -0.25) is 9.69 Å². The number of halogens is 1. The minimum absolute atomic E-state index is 0.0524. The standard InChI is InChI=1S/C30H34FN3O3/c1-22(35)25-6-5-9-28(19-25)34(29(32)36)21-30(37,26-7-3-2-4-8-26)20-33-16-14-24(15-17-33)18-23-10-12-27(31)13-11-23/h2-13,19,24,37H,14-18,20-21H2,1H3,(H2,32,36)/t30-/m1/s1. The molecule has 4 rings (SSSR count). The number of ketones is 1. The topological polar surface area (TPSA) is 86.9 Å². The Balaban J connectivity index is 1.50. The molecule has 3 N–H and O–H groups in total. The number of aliphatic hydroxyl groups is 1. The van der Waals surface area contributed by atoms with Crippen LogP contribution in [0.1, 0.15) is 41.3 Å². The van der Waals surface area contributed by atoms with Gasteiger partial charge in [-0.05, 0) is 80.6 Å². The largest absolute Gasteiger partial charge is 0.382 e. The zero-order chi connectivity index (χ0) is 26.4. The second kappa shape index (κ2) is 11.7. The predicted octanol–water partition coefficient (Wildman–Crippen LogP) is 4.76. The Bertz CT molecular complexity index is 1210. The zero-order valence-electron chi connectivity index (χ0n) is 21.1. The molecule has 0 saturated carbocycles. The van der Waals surface area contributed by atoms with Crippen LogP contribution >= 0.6 is 0 Å². The van der Waals surface area contributed by atoms with E-state index in [0.717, 1.165) is 37.9 Å². The lowest BCUT2D eigenvalue weighted by atomic mass is 9.87. The molecule has 1 atom stereocenters. The Morgan fingerprint density at radius 1 is 1.03 bits per heavy atom. The number of primary amides is 1. The number of carbonyl (C=O) groups excluding carboxylic acids is 2. The molecule has 1 aliphatic heterocycles. The molecule has 1 fully saturated rings. The van der Waals surface area contributed by atoms with Crippen molar-refractivity contribution in [1.29, 1.82) is 0 Å². The molecule has 0 aliphatic carbocycles. The van der Waals surface area contributed by atoms with Gasteiger partial charge in [0.05, 0.1) is 6.54 Å². The summed E-state index contributed by atoms with van der Waals surface area (Å²) in [5, 5.41) is 12.0. The Hall–Kier alpha value is -3.55. The molecule has 194 valence electrons. The minimum atomic E-state index is -1.38. The van der Waals surface area contributed by atoms with E-state index in [-0.39, 0.29) is 18.1 Å².